The van der Waals surface area contributed by atoms with Crippen LogP contribution in [0.2, 0.25) is 5.02 Å². The van der Waals surface area contributed by atoms with Gasteiger partial charge in [-0.15, -0.1) is 0 Å². The Morgan fingerprint density at radius 1 is 1.08 bits per heavy atom. The fourth-order valence-electron chi connectivity index (χ4n) is 5.07. The first-order valence-corrected chi connectivity index (χ1v) is 14.8. The average molecular weight is 605 g/mol. The van der Waals surface area contributed by atoms with Crippen molar-refractivity contribution >= 4 is 49.3 Å². The Hall–Kier alpha value is -2.59. The second kappa shape index (κ2) is 10.3. The monoisotopic (exact) mass is 603 g/mol. The number of fused-ring (bicyclic) bond motifs is 3. The molecule has 0 aromatic heterocycles. The summed E-state index contributed by atoms with van der Waals surface area (Å²) in [6, 6.07) is 17.2. The van der Waals surface area contributed by atoms with Crippen LogP contribution in [0.1, 0.15) is 30.9 Å². The molecule has 5 rings (SSSR count). The third-order valence-electron chi connectivity index (χ3n) is 6.97. The lowest BCUT2D eigenvalue weighted by Gasteiger charge is -2.20. The SMILES string of the molecule is CCN(CC)S(=O)(=O)c1ccc(Oc2ccc(Cl)cc2)c(NC(=O)NC2C3Cc4ccc(Br)cc4C32)c1. The lowest BCUT2D eigenvalue weighted by atomic mass is 10.1. The Balaban J connectivity index is 1.38. The van der Waals surface area contributed by atoms with Gasteiger partial charge in [0, 0.05) is 34.5 Å². The van der Waals surface area contributed by atoms with Gasteiger partial charge >= 0.3 is 6.03 Å². The van der Waals surface area contributed by atoms with Crippen LogP contribution in [-0.4, -0.2) is 37.9 Å². The van der Waals surface area contributed by atoms with Gasteiger partial charge in [0.15, 0.2) is 5.75 Å². The maximum Gasteiger partial charge on any atom is 0.319 e. The number of urea groups is 1. The van der Waals surface area contributed by atoms with E-state index in [9.17, 15) is 13.2 Å². The first-order valence-electron chi connectivity index (χ1n) is 12.1. The number of ether oxygens (including phenoxy) is 1. The fraction of sp³-hybridized carbons (Fsp3) is 0.296. The molecule has 3 atom stereocenters. The van der Waals surface area contributed by atoms with Crippen LogP contribution < -0.4 is 15.4 Å². The van der Waals surface area contributed by atoms with E-state index in [0.717, 1.165) is 10.9 Å². The van der Waals surface area contributed by atoms with Crippen molar-refractivity contribution in [2.75, 3.05) is 18.4 Å². The standard InChI is InChI=1S/C27H27BrClN3O4S/c1-3-32(4-2)37(34,35)20-11-12-24(36-19-9-7-18(29)8-10-19)23(15-20)30-27(33)31-26-22-13-16-5-6-17(28)14-21(16)25(22)26/h5-12,14-15,22,25-26H,3-4,13H2,1-2H3,(H2,30,31,33). The minimum atomic E-state index is -3.73. The highest BCUT2D eigenvalue weighted by Crippen LogP contribution is 2.56. The highest BCUT2D eigenvalue weighted by Gasteiger charge is 2.56. The summed E-state index contributed by atoms with van der Waals surface area (Å²) in [4.78, 5) is 13.1. The van der Waals surface area contributed by atoms with Gasteiger partial charge < -0.3 is 15.4 Å². The topological polar surface area (TPSA) is 87.7 Å². The summed E-state index contributed by atoms with van der Waals surface area (Å²) in [5.74, 6) is 1.49. The summed E-state index contributed by atoms with van der Waals surface area (Å²) in [5.41, 5.74) is 2.85. The van der Waals surface area contributed by atoms with Gasteiger partial charge in [0.1, 0.15) is 5.75 Å². The normalized spacial score (nSPS) is 19.8. The molecule has 3 aromatic rings. The van der Waals surface area contributed by atoms with E-state index < -0.39 is 16.1 Å². The zero-order valence-corrected chi connectivity index (χ0v) is 23.5. The van der Waals surface area contributed by atoms with Crippen molar-refractivity contribution in [2.45, 2.75) is 37.1 Å². The Morgan fingerprint density at radius 2 is 1.81 bits per heavy atom. The van der Waals surface area contributed by atoms with Gasteiger partial charge in [-0.25, -0.2) is 13.2 Å². The van der Waals surface area contributed by atoms with Crippen molar-refractivity contribution in [3.63, 3.8) is 0 Å². The van der Waals surface area contributed by atoms with Gasteiger partial charge in [-0.3, -0.25) is 0 Å². The van der Waals surface area contributed by atoms with Gasteiger partial charge in [0.25, 0.3) is 0 Å². The minimum Gasteiger partial charge on any atom is -0.455 e. The molecule has 37 heavy (non-hydrogen) atoms. The molecule has 2 aliphatic carbocycles. The quantitative estimate of drug-likeness (QED) is 0.312. The third kappa shape index (κ3) is 5.23. The number of sulfonamides is 1. The second-order valence-corrected chi connectivity index (χ2v) is 12.5. The van der Waals surface area contributed by atoms with Crippen LogP contribution in [0.3, 0.4) is 0 Å². The molecular weight excluding hydrogens is 578 g/mol. The lowest BCUT2D eigenvalue weighted by Crippen LogP contribution is -2.33. The minimum absolute atomic E-state index is 0.0324. The number of carbonyl (C=O) groups excluding carboxylic acids is 1. The predicted octanol–water partition coefficient (Wildman–Crippen LogP) is 6.39. The summed E-state index contributed by atoms with van der Waals surface area (Å²) in [5, 5.41) is 6.46. The Kier molecular flexibility index (Phi) is 7.24. The van der Waals surface area contributed by atoms with Crippen molar-refractivity contribution in [3.05, 3.63) is 81.3 Å². The van der Waals surface area contributed by atoms with E-state index in [1.54, 1.807) is 44.2 Å². The highest BCUT2D eigenvalue weighted by atomic mass is 79.9. The predicted molar refractivity (Wildman–Crippen MR) is 148 cm³/mol. The van der Waals surface area contributed by atoms with Crippen LogP contribution in [0.4, 0.5) is 10.5 Å². The first-order chi connectivity index (χ1) is 17.7. The van der Waals surface area contributed by atoms with Crippen molar-refractivity contribution in [1.29, 1.82) is 0 Å². The molecular formula is C27H27BrClN3O4S. The Morgan fingerprint density at radius 3 is 2.51 bits per heavy atom. The Bertz CT molecular complexity index is 1440. The number of rotatable bonds is 8. The molecule has 194 valence electrons. The molecule has 2 N–H and O–H groups in total. The molecule has 0 radical (unpaired) electrons. The molecule has 3 unspecified atom stereocenters. The summed E-state index contributed by atoms with van der Waals surface area (Å²) >= 11 is 9.52. The lowest BCUT2D eigenvalue weighted by molar-refractivity contribution is 0.251. The van der Waals surface area contributed by atoms with E-state index in [1.807, 2.05) is 6.07 Å². The van der Waals surface area contributed by atoms with Crippen LogP contribution in [0.25, 0.3) is 0 Å². The summed E-state index contributed by atoms with van der Waals surface area (Å²) in [6.45, 7) is 4.25. The zero-order chi connectivity index (χ0) is 26.3. The first kappa shape index (κ1) is 26.0. The van der Waals surface area contributed by atoms with E-state index in [0.29, 0.717) is 35.5 Å². The van der Waals surface area contributed by atoms with E-state index in [1.165, 1.54) is 27.6 Å². The second-order valence-electron chi connectivity index (χ2n) is 9.16. The number of hydrogen-bond acceptors (Lipinski definition) is 4. The largest absolute Gasteiger partial charge is 0.455 e. The maximum absolute atomic E-state index is 13.1. The van der Waals surface area contributed by atoms with Crippen molar-refractivity contribution in [3.8, 4) is 11.5 Å². The summed E-state index contributed by atoms with van der Waals surface area (Å²) in [7, 11) is -3.73. The van der Waals surface area contributed by atoms with Crippen molar-refractivity contribution in [2.24, 2.45) is 5.92 Å². The van der Waals surface area contributed by atoms with Crippen LogP contribution >= 0.6 is 27.5 Å². The van der Waals surface area contributed by atoms with E-state index in [4.69, 9.17) is 16.3 Å². The number of nitrogens with zero attached hydrogens (tertiary/aromatic N) is 1. The maximum atomic E-state index is 13.1. The molecule has 0 saturated heterocycles. The van der Waals surface area contributed by atoms with Crippen LogP contribution in [0.5, 0.6) is 11.5 Å². The summed E-state index contributed by atoms with van der Waals surface area (Å²) in [6.07, 6.45) is 0.931. The fourth-order valence-corrected chi connectivity index (χ4v) is 7.06. The third-order valence-corrected chi connectivity index (χ3v) is 9.76. The average Bonchev–Trinajstić information content (AvgIpc) is 3.38. The number of benzene rings is 3. The molecule has 0 heterocycles. The van der Waals surface area contributed by atoms with E-state index in [2.05, 4.69) is 38.7 Å². The van der Waals surface area contributed by atoms with Gasteiger partial charge in [-0.2, -0.15) is 4.31 Å². The van der Waals surface area contributed by atoms with Crippen LogP contribution in [0.15, 0.2) is 70.0 Å². The molecule has 1 fully saturated rings. The molecule has 2 aliphatic rings. The molecule has 0 bridgehead atoms. The zero-order valence-electron chi connectivity index (χ0n) is 20.4. The molecule has 1 saturated carbocycles. The van der Waals surface area contributed by atoms with E-state index >= 15 is 0 Å². The molecule has 7 nitrogen and oxygen atoms in total. The van der Waals surface area contributed by atoms with Gasteiger partial charge in [0.05, 0.1) is 10.6 Å². The van der Waals surface area contributed by atoms with Gasteiger partial charge in [-0.05, 0) is 78.1 Å². The van der Waals surface area contributed by atoms with Crippen LogP contribution in [0, 0.1) is 5.92 Å². The summed E-state index contributed by atoms with van der Waals surface area (Å²) < 4.78 is 34.7. The number of hydrogen-bond donors (Lipinski definition) is 2. The number of halogens is 2. The molecule has 0 spiro atoms. The molecule has 3 aromatic carbocycles. The number of anilines is 1. The van der Waals surface area contributed by atoms with Gasteiger partial charge in [0.2, 0.25) is 10.0 Å². The number of nitrogens with one attached hydrogen (secondary N) is 2. The number of amides is 2. The molecule has 10 heteroatoms. The van der Waals surface area contributed by atoms with Crippen LogP contribution in [-0.2, 0) is 16.4 Å². The molecule has 2 amide bonds. The van der Waals surface area contributed by atoms with Crippen molar-refractivity contribution in [1.82, 2.24) is 9.62 Å². The van der Waals surface area contributed by atoms with E-state index in [-0.39, 0.29) is 22.5 Å². The molecule has 0 aliphatic heterocycles. The van der Waals surface area contributed by atoms with Gasteiger partial charge in [-0.1, -0.05) is 47.4 Å². The number of carbonyl (C=O) groups is 1. The Labute approximate surface area is 230 Å². The highest BCUT2D eigenvalue weighted by molar-refractivity contribution is 9.10. The van der Waals surface area contributed by atoms with Crippen molar-refractivity contribution < 1.29 is 17.9 Å². The smallest absolute Gasteiger partial charge is 0.319 e.